The van der Waals surface area contributed by atoms with E-state index in [1.165, 1.54) is 6.92 Å². The van der Waals surface area contributed by atoms with Gasteiger partial charge in [-0.1, -0.05) is 4.86 Å². The maximum absolute atomic E-state index is 9.96. The van der Waals surface area contributed by atoms with Gasteiger partial charge in [0.25, 0.3) is 0 Å². The van der Waals surface area contributed by atoms with Crippen LogP contribution in [0.4, 0.5) is 0 Å². The molecule has 0 aliphatic heterocycles. The fraction of sp³-hybridized carbons (Fsp3) is 1.00. The molecule has 1 atom stereocenters. The minimum atomic E-state index is -0.761. The number of hydrogen-bond acceptors (Lipinski definition) is 3. The molecule has 0 aromatic carbocycles. The molecule has 0 aliphatic rings. The fourth-order valence-corrected chi connectivity index (χ4v) is 0.263. The Morgan fingerprint density at radius 1 is 1.78 bits per heavy atom. The molecule has 0 aliphatic carbocycles. The van der Waals surface area contributed by atoms with E-state index in [2.05, 4.69) is 5.28 Å². The number of aliphatic hydroxyl groups excluding tert-OH is 1. The fourth-order valence-electron chi connectivity index (χ4n) is 0.263. The molecule has 0 fully saturated rings. The SMILES string of the molecule is CC(O)C[N+]([O-])=NO.[Ag+]. The first kappa shape index (κ1) is 11.7. The molecule has 0 radical (unpaired) electrons. The van der Waals surface area contributed by atoms with Gasteiger partial charge in [0.15, 0.2) is 5.28 Å². The number of nitrogens with zero attached hydrogens (tertiary/aromatic N) is 2. The molecule has 5 nitrogen and oxygen atoms in total. The Labute approximate surface area is 68.1 Å². The standard InChI is InChI=1S/C3H8N2O3.Ag/c1-3(6)2-5(8)4-7;/h3,6-7H,2H2,1H3;/q;+1. The van der Waals surface area contributed by atoms with Crippen LogP contribution in [-0.4, -0.2) is 27.8 Å². The summed E-state index contributed by atoms with van der Waals surface area (Å²) in [4.78, 5) is 0.00463. The van der Waals surface area contributed by atoms with Gasteiger partial charge in [-0.2, -0.15) is 0 Å². The Morgan fingerprint density at radius 2 is 2.22 bits per heavy atom. The third-order valence-corrected chi connectivity index (χ3v) is 0.520. The van der Waals surface area contributed by atoms with Crippen LogP contribution < -0.4 is 0 Å². The van der Waals surface area contributed by atoms with Gasteiger partial charge in [0.2, 0.25) is 6.54 Å². The van der Waals surface area contributed by atoms with Crippen LogP contribution in [0.15, 0.2) is 5.28 Å². The van der Waals surface area contributed by atoms with E-state index in [0.29, 0.717) is 0 Å². The minimum Gasteiger partial charge on any atom is -0.597 e. The average molecular weight is 228 g/mol. The van der Waals surface area contributed by atoms with Crippen LogP contribution in [0.3, 0.4) is 0 Å². The van der Waals surface area contributed by atoms with Crippen molar-refractivity contribution in [1.29, 1.82) is 0 Å². The number of hydroxylamine groups is 1. The predicted molar refractivity (Wildman–Crippen MR) is 24.4 cm³/mol. The van der Waals surface area contributed by atoms with E-state index in [1.807, 2.05) is 0 Å². The van der Waals surface area contributed by atoms with Crippen molar-refractivity contribution in [3.8, 4) is 0 Å². The van der Waals surface area contributed by atoms with Gasteiger partial charge in [-0.15, -0.1) is 0 Å². The van der Waals surface area contributed by atoms with Crippen LogP contribution in [0.1, 0.15) is 6.92 Å². The molecule has 0 aromatic rings. The van der Waals surface area contributed by atoms with Crippen molar-refractivity contribution >= 4 is 0 Å². The normalized spacial score (nSPS) is 14.2. The van der Waals surface area contributed by atoms with Gasteiger partial charge >= 0.3 is 22.4 Å². The first-order chi connectivity index (χ1) is 3.66. The quantitative estimate of drug-likeness (QED) is 0.295. The zero-order valence-corrected chi connectivity index (χ0v) is 6.27. The Kier molecular flexibility index (Phi) is 7.81. The third-order valence-electron chi connectivity index (χ3n) is 0.520. The molecule has 0 rings (SSSR count). The van der Waals surface area contributed by atoms with Crippen molar-refractivity contribution in [2.45, 2.75) is 13.0 Å². The summed E-state index contributed by atoms with van der Waals surface area (Å²) < 4.78 is 0. The van der Waals surface area contributed by atoms with E-state index in [1.54, 1.807) is 0 Å². The van der Waals surface area contributed by atoms with Crippen LogP contribution in [0.5, 0.6) is 0 Å². The monoisotopic (exact) mass is 227 g/mol. The summed E-state index contributed by atoms with van der Waals surface area (Å²) in [6.07, 6.45) is -0.761. The second kappa shape index (κ2) is 6.03. The van der Waals surface area contributed by atoms with Gasteiger partial charge in [-0.25, -0.2) is 0 Å². The number of hydrogen-bond donors (Lipinski definition) is 2. The smallest absolute Gasteiger partial charge is 0.597 e. The largest absolute Gasteiger partial charge is 1.00 e. The molecular weight excluding hydrogens is 220 g/mol. The summed E-state index contributed by atoms with van der Waals surface area (Å²) in [7, 11) is 0. The van der Waals surface area contributed by atoms with Crippen LogP contribution >= 0.6 is 0 Å². The average Bonchev–Trinajstić information content (AvgIpc) is 1.65. The molecule has 0 saturated carbocycles. The molecule has 9 heavy (non-hydrogen) atoms. The van der Waals surface area contributed by atoms with E-state index in [-0.39, 0.29) is 33.8 Å². The zero-order valence-electron chi connectivity index (χ0n) is 4.78. The van der Waals surface area contributed by atoms with Crippen LogP contribution in [0.2, 0.25) is 0 Å². The molecule has 0 amide bonds. The minimum absolute atomic E-state index is 0. The predicted octanol–water partition coefficient (Wildman–Crippen LogP) is -0.284. The van der Waals surface area contributed by atoms with Gasteiger partial charge < -0.3 is 15.5 Å². The molecule has 1 unspecified atom stereocenters. The number of rotatable bonds is 2. The molecule has 0 heterocycles. The molecular formula is C3H8AgN2O3+. The topological polar surface area (TPSA) is 78.9 Å². The van der Waals surface area contributed by atoms with E-state index < -0.39 is 6.10 Å². The number of aliphatic hydroxyl groups is 1. The van der Waals surface area contributed by atoms with Crippen molar-refractivity contribution in [3.63, 3.8) is 0 Å². The Bertz CT molecular complexity index is 95.1. The Hall–Kier alpha value is -0.0997. The molecule has 2 N–H and O–H groups in total. The van der Waals surface area contributed by atoms with Gasteiger partial charge in [0, 0.05) is 0 Å². The van der Waals surface area contributed by atoms with Crippen molar-refractivity contribution in [2.24, 2.45) is 5.28 Å². The third kappa shape index (κ3) is 7.90. The zero-order chi connectivity index (χ0) is 6.57. The molecule has 6 heteroatoms. The molecule has 58 valence electrons. The first-order valence-electron chi connectivity index (χ1n) is 2.14. The summed E-state index contributed by atoms with van der Waals surface area (Å²) >= 11 is 0. The van der Waals surface area contributed by atoms with E-state index >= 15 is 0 Å². The van der Waals surface area contributed by atoms with Crippen molar-refractivity contribution in [1.82, 2.24) is 0 Å². The van der Waals surface area contributed by atoms with Gasteiger partial charge in [-0.05, 0) is 6.92 Å². The van der Waals surface area contributed by atoms with Crippen molar-refractivity contribution in [2.75, 3.05) is 6.54 Å². The Morgan fingerprint density at radius 3 is 2.33 bits per heavy atom. The molecule has 0 aromatic heterocycles. The van der Waals surface area contributed by atoms with E-state index in [4.69, 9.17) is 10.3 Å². The van der Waals surface area contributed by atoms with E-state index in [9.17, 15) is 5.21 Å². The van der Waals surface area contributed by atoms with E-state index in [0.717, 1.165) is 0 Å². The molecule has 0 saturated heterocycles. The maximum Gasteiger partial charge on any atom is 1.00 e. The summed E-state index contributed by atoms with van der Waals surface area (Å²) in [6, 6.07) is 0. The Balaban J connectivity index is 0. The molecule has 0 spiro atoms. The summed E-state index contributed by atoms with van der Waals surface area (Å²) in [5, 5.41) is 28.4. The second-order valence-corrected chi connectivity index (χ2v) is 1.47. The van der Waals surface area contributed by atoms with Crippen molar-refractivity contribution < 1.29 is 37.6 Å². The first-order valence-corrected chi connectivity index (χ1v) is 2.14. The van der Waals surface area contributed by atoms with Gasteiger partial charge in [0.1, 0.15) is 6.10 Å². The second-order valence-electron chi connectivity index (χ2n) is 1.47. The molecule has 0 bridgehead atoms. The van der Waals surface area contributed by atoms with Gasteiger partial charge in [-0.3, -0.25) is 0 Å². The summed E-state index contributed by atoms with van der Waals surface area (Å²) in [6.45, 7) is 1.23. The summed E-state index contributed by atoms with van der Waals surface area (Å²) in [5.74, 6) is 0. The van der Waals surface area contributed by atoms with Crippen molar-refractivity contribution in [3.05, 3.63) is 5.21 Å². The van der Waals surface area contributed by atoms with Crippen LogP contribution in [-0.2, 0) is 22.4 Å². The summed E-state index contributed by atoms with van der Waals surface area (Å²) in [5.41, 5.74) is 0. The van der Waals surface area contributed by atoms with Gasteiger partial charge in [0.05, 0.1) is 0 Å². The van der Waals surface area contributed by atoms with Crippen LogP contribution in [0, 0.1) is 5.21 Å². The van der Waals surface area contributed by atoms with Crippen LogP contribution in [0.25, 0.3) is 0 Å². The maximum atomic E-state index is 9.96.